The van der Waals surface area contributed by atoms with E-state index in [0.29, 0.717) is 22.6 Å². The fourth-order valence-electron chi connectivity index (χ4n) is 7.29. The van der Waals surface area contributed by atoms with Crippen molar-refractivity contribution in [3.05, 3.63) is 106 Å². The number of fused-ring (bicyclic) bond motifs is 1. The van der Waals surface area contributed by atoms with Gasteiger partial charge in [0, 0.05) is 62.7 Å². The molecule has 0 saturated carbocycles. The maximum absolute atomic E-state index is 14.3. The van der Waals surface area contributed by atoms with Gasteiger partial charge in [-0.15, -0.1) is 0 Å². The van der Waals surface area contributed by atoms with Gasteiger partial charge in [-0.25, -0.2) is 14.4 Å². The second-order valence-corrected chi connectivity index (χ2v) is 14.2. The second kappa shape index (κ2) is 14.8. The first-order valence-electron chi connectivity index (χ1n) is 17.8. The van der Waals surface area contributed by atoms with Crippen LogP contribution in [0.15, 0.2) is 67.1 Å². The molecule has 0 aliphatic carbocycles. The summed E-state index contributed by atoms with van der Waals surface area (Å²) in [6.45, 7) is 2.78. The largest absolute Gasteiger partial charge is 0.417 e. The van der Waals surface area contributed by atoms with Gasteiger partial charge < -0.3 is 20.0 Å². The molecule has 18 heteroatoms. The SMILES string of the molecule is CN1CCN(c2cncc(-c3ncc4c(n3)CN(C(=O)c3cc(CN5C(=N)N[C@](CCCC(F)(F)F)(c6ccc(F)cc6)C5=O)ccc3C(F)(F)F)C4)c2)CC1. The summed E-state index contributed by atoms with van der Waals surface area (Å²) in [5.74, 6) is -2.63. The number of aromatic nitrogens is 3. The Morgan fingerprint density at radius 1 is 0.946 bits per heavy atom. The summed E-state index contributed by atoms with van der Waals surface area (Å²) in [6, 6.07) is 9.23. The Balaban J connectivity index is 1.12. The number of rotatable bonds is 9. The lowest BCUT2D eigenvalue weighted by Crippen LogP contribution is -2.44. The molecule has 0 unspecified atom stereocenters. The molecule has 56 heavy (non-hydrogen) atoms. The fraction of sp³-hybridized carbons (Fsp3) is 0.368. The van der Waals surface area contributed by atoms with Crippen molar-refractivity contribution in [1.82, 2.24) is 35.0 Å². The van der Waals surface area contributed by atoms with Gasteiger partial charge in [0.2, 0.25) is 0 Å². The number of guanidine groups is 1. The van der Waals surface area contributed by atoms with Crippen LogP contribution in [0.3, 0.4) is 0 Å². The molecule has 2 fully saturated rings. The minimum atomic E-state index is -4.93. The van der Waals surface area contributed by atoms with Crippen LogP contribution in [-0.2, 0) is 36.1 Å². The lowest BCUT2D eigenvalue weighted by molar-refractivity contribution is -0.140. The van der Waals surface area contributed by atoms with E-state index in [-0.39, 0.29) is 24.2 Å². The van der Waals surface area contributed by atoms with E-state index in [1.54, 1.807) is 12.4 Å². The zero-order chi connectivity index (χ0) is 40.0. The summed E-state index contributed by atoms with van der Waals surface area (Å²) in [4.78, 5) is 47.9. The van der Waals surface area contributed by atoms with Crippen LogP contribution in [0, 0.1) is 11.2 Å². The normalized spacial score (nSPS) is 19.1. The molecular formula is C38H36F7N9O2. The van der Waals surface area contributed by atoms with E-state index in [4.69, 9.17) is 5.41 Å². The minimum Gasteiger partial charge on any atom is -0.368 e. The van der Waals surface area contributed by atoms with Crippen LogP contribution >= 0.6 is 0 Å². The van der Waals surface area contributed by atoms with Crippen molar-refractivity contribution in [3.63, 3.8) is 0 Å². The number of amides is 2. The predicted molar refractivity (Wildman–Crippen MR) is 189 cm³/mol. The number of nitrogens with one attached hydrogen (secondary N) is 2. The number of hydrogen-bond acceptors (Lipinski definition) is 8. The van der Waals surface area contributed by atoms with Crippen molar-refractivity contribution in [3.8, 4) is 11.4 Å². The van der Waals surface area contributed by atoms with Gasteiger partial charge in [-0.2, -0.15) is 26.3 Å². The van der Waals surface area contributed by atoms with Crippen LogP contribution in [0.5, 0.6) is 0 Å². The van der Waals surface area contributed by atoms with Crippen LogP contribution in [0.1, 0.15) is 57.6 Å². The lowest BCUT2D eigenvalue weighted by atomic mass is 9.84. The maximum atomic E-state index is 14.3. The fourth-order valence-corrected chi connectivity index (χ4v) is 7.29. The van der Waals surface area contributed by atoms with Gasteiger partial charge in [0.25, 0.3) is 11.8 Å². The summed E-state index contributed by atoms with van der Waals surface area (Å²) < 4.78 is 96.1. The Labute approximate surface area is 316 Å². The predicted octanol–water partition coefficient (Wildman–Crippen LogP) is 6.10. The van der Waals surface area contributed by atoms with Gasteiger partial charge in [0.05, 0.1) is 41.8 Å². The van der Waals surface area contributed by atoms with E-state index in [2.05, 4.69) is 37.1 Å². The molecule has 4 aromatic rings. The Morgan fingerprint density at radius 2 is 1.68 bits per heavy atom. The number of pyridine rings is 1. The molecule has 2 aromatic heterocycles. The Kier molecular flexibility index (Phi) is 10.2. The molecule has 0 radical (unpaired) electrons. The van der Waals surface area contributed by atoms with Gasteiger partial charge in [-0.1, -0.05) is 18.2 Å². The molecular weight excluding hydrogens is 747 g/mol. The standard InChI is InChI=1S/C38H36F7N9O2/c1-51-11-13-52(14-12-51)28-16-24(17-47-19-28)32-48-18-25-21-53(22-31(25)49-32)33(55)29-15-23(3-8-30(29)38(43,44)45)20-54-34(56)36(50-35(54)46,9-2-10-37(40,41)42)26-4-6-27(39)7-5-26/h3-8,15-19H,2,9-14,20-22H2,1H3,(H2,46,50)/t36-/m1/s1. The van der Waals surface area contributed by atoms with Crippen molar-refractivity contribution in [2.24, 2.45) is 0 Å². The third-order valence-corrected chi connectivity index (χ3v) is 10.3. The molecule has 11 nitrogen and oxygen atoms in total. The molecule has 1 atom stereocenters. The summed E-state index contributed by atoms with van der Waals surface area (Å²) in [6.07, 6.45) is -6.69. The Morgan fingerprint density at radius 3 is 2.38 bits per heavy atom. The van der Waals surface area contributed by atoms with Crippen molar-refractivity contribution < 1.29 is 40.3 Å². The number of benzene rings is 2. The highest BCUT2D eigenvalue weighted by molar-refractivity contribution is 6.08. The van der Waals surface area contributed by atoms with Crippen LogP contribution in [0.2, 0.25) is 0 Å². The first-order chi connectivity index (χ1) is 26.5. The summed E-state index contributed by atoms with van der Waals surface area (Å²) >= 11 is 0. The molecule has 5 heterocycles. The molecule has 3 aliphatic heterocycles. The third kappa shape index (κ3) is 7.87. The van der Waals surface area contributed by atoms with Crippen LogP contribution < -0.4 is 10.2 Å². The zero-order valence-electron chi connectivity index (χ0n) is 30.0. The van der Waals surface area contributed by atoms with Crippen LogP contribution in [0.4, 0.5) is 36.4 Å². The average Bonchev–Trinajstić information content (AvgIpc) is 3.69. The van der Waals surface area contributed by atoms with E-state index in [0.717, 1.165) is 67.1 Å². The number of piperazine rings is 1. The minimum absolute atomic E-state index is 0.0537. The molecule has 0 spiro atoms. The van der Waals surface area contributed by atoms with Crippen molar-refractivity contribution in [2.75, 3.05) is 38.1 Å². The van der Waals surface area contributed by atoms with E-state index < -0.39 is 78.4 Å². The average molecular weight is 784 g/mol. The highest BCUT2D eigenvalue weighted by Crippen LogP contribution is 2.38. The molecule has 7 rings (SSSR count). The molecule has 2 saturated heterocycles. The van der Waals surface area contributed by atoms with Gasteiger partial charge in [0.1, 0.15) is 11.4 Å². The quantitative estimate of drug-likeness (QED) is 0.196. The van der Waals surface area contributed by atoms with Crippen LogP contribution in [0.25, 0.3) is 11.4 Å². The number of nitrogens with zero attached hydrogens (tertiary/aromatic N) is 7. The topological polar surface area (TPSA) is 122 Å². The highest BCUT2D eigenvalue weighted by atomic mass is 19.4. The summed E-state index contributed by atoms with van der Waals surface area (Å²) in [5, 5.41) is 11.2. The third-order valence-electron chi connectivity index (χ3n) is 10.3. The highest BCUT2D eigenvalue weighted by Gasteiger charge is 2.51. The monoisotopic (exact) mass is 783 g/mol. The van der Waals surface area contributed by atoms with Gasteiger partial charge >= 0.3 is 12.4 Å². The van der Waals surface area contributed by atoms with Gasteiger partial charge in [-0.3, -0.25) is 24.9 Å². The Hall–Kier alpha value is -5.65. The van der Waals surface area contributed by atoms with Gasteiger partial charge in [0.15, 0.2) is 11.8 Å². The molecule has 2 amide bonds. The molecule has 294 valence electrons. The number of halogens is 7. The van der Waals surface area contributed by atoms with E-state index in [1.165, 1.54) is 23.2 Å². The second-order valence-electron chi connectivity index (χ2n) is 14.2. The van der Waals surface area contributed by atoms with Crippen molar-refractivity contribution >= 4 is 23.5 Å². The van der Waals surface area contributed by atoms with Crippen molar-refractivity contribution in [2.45, 2.75) is 56.8 Å². The van der Waals surface area contributed by atoms with E-state index in [1.807, 2.05) is 6.07 Å². The van der Waals surface area contributed by atoms with E-state index in [9.17, 15) is 40.3 Å². The molecule has 2 aromatic carbocycles. The van der Waals surface area contributed by atoms with Crippen LogP contribution in [-0.4, -0.2) is 86.8 Å². The maximum Gasteiger partial charge on any atom is 0.417 e. The summed E-state index contributed by atoms with van der Waals surface area (Å²) in [5.41, 5.74) is -1.05. The first kappa shape index (κ1) is 38.6. The molecule has 2 N–H and O–H groups in total. The number of carbonyl (C=O) groups excluding carboxylic acids is 2. The molecule has 3 aliphatic rings. The van der Waals surface area contributed by atoms with Gasteiger partial charge in [-0.05, 0) is 61.3 Å². The first-order valence-corrected chi connectivity index (χ1v) is 17.8. The zero-order valence-corrected chi connectivity index (χ0v) is 30.0. The number of carbonyl (C=O) groups is 2. The Bertz CT molecular complexity index is 2150. The number of hydrogen-bond donors (Lipinski definition) is 2. The lowest BCUT2D eigenvalue weighted by Gasteiger charge is -2.33. The van der Waals surface area contributed by atoms with Crippen molar-refractivity contribution in [1.29, 1.82) is 5.41 Å². The van der Waals surface area contributed by atoms with E-state index >= 15 is 0 Å². The summed E-state index contributed by atoms with van der Waals surface area (Å²) in [7, 11) is 2.05. The molecule has 0 bridgehead atoms. The smallest absolute Gasteiger partial charge is 0.368 e. The number of alkyl halides is 6. The number of likely N-dealkylation sites (N-methyl/N-ethyl adjacent to an activating group) is 1. The number of anilines is 1.